The quantitative estimate of drug-likeness (QED) is 0.402. The van der Waals surface area contributed by atoms with Crippen molar-refractivity contribution in [2.45, 2.75) is 6.92 Å². The zero-order valence-corrected chi connectivity index (χ0v) is 8.04. The lowest BCUT2D eigenvalue weighted by atomic mass is 8.89. The van der Waals surface area contributed by atoms with Gasteiger partial charge in [0.25, 0.3) is 13.2 Å². The van der Waals surface area contributed by atoms with Gasteiger partial charge in [-0.1, -0.05) is 0 Å². The first-order chi connectivity index (χ1) is 6.74. The maximum Gasteiger partial charge on any atom is 0.291 e. The van der Waals surface area contributed by atoms with E-state index >= 15 is 0 Å². The van der Waals surface area contributed by atoms with Crippen LogP contribution in [0.1, 0.15) is 6.92 Å². The van der Waals surface area contributed by atoms with Gasteiger partial charge in [-0.05, 0) is 6.92 Å². The fourth-order valence-corrected chi connectivity index (χ4v) is 1.04. The molecule has 0 unspecified atom stereocenters. The molecule has 0 fully saturated rings. The first-order valence-electron chi connectivity index (χ1n) is 4.01. The van der Waals surface area contributed by atoms with Crippen LogP contribution in [-0.2, 0) is 0 Å². The number of hydrogen-bond donors (Lipinski definition) is 0. The lowest BCUT2D eigenvalue weighted by Gasteiger charge is -2.05. The highest BCUT2D eigenvalue weighted by Crippen LogP contribution is 1.93. The van der Waals surface area contributed by atoms with E-state index in [-0.39, 0.29) is 6.49 Å². The van der Waals surface area contributed by atoms with E-state index in [2.05, 4.69) is 35.0 Å². The molecular formula is C11H7B3. The fraction of sp³-hybridized carbons (Fsp3) is 0.0909. The van der Waals surface area contributed by atoms with Crippen LogP contribution in [0.25, 0.3) is 0 Å². The minimum atomic E-state index is -0.431. The van der Waals surface area contributed by atoms with E-state index < -0.39 is 13.2 Å². The van der Waals surface area contributed by atoms with E-state index in [1.807, 2.05) is 0 Å². The molecule has 0 radical (unpaired) electrons. The summed E-state index contributed by atoms with van der Waals surface area (Å²) >= 11 is 0. The molecule has 3 heteroatoms. The normalized spacial score (nSPS) is 6.07. The summed E-state index contributed by atoms with van der Waals surface area (Å²) in [5.74, 6) is 15.4. The standard InChI is InChI=1S/C11H7B3/c1-6-11-14(12(7-2)8-3)13(9-4)10-5/h2-5H,1H3. The van der Waals surface area contributed by atoms with Gasteiger partial charge in [0.2, 0.25) is 6.49 Å². The zero-order valence-electron chi connectivity index (χ0n) is 8.04. The molecule has 0 nitrogen and oxygen atoms in total. The molecule has 0 amide bonds. The van der Waals surface area contributed by atoms with Crippen molar-refractivity contribution in [1.29, 1.82) is 0 Å². The molecule has 0 aliphatic heterocycles. The van der Waals surface area contributed by atoms with Gasteiger partial charge < -0.3 is 0 Å². The molecule has 0 heterocycles. The molecule has 0 N–H and O–H groups in total. The number of terminal acetylenes is 4. The summed E-state index contributed by atoms with van der Waals surface area (Å²) in [6, 6.07) is 0. The Morgan fingerprint density at radius 3 is 1.36 bits per heavy atom. The molecule has 0 aromatic heterocycles. The van der Waals surface area contributed by atoms with Gasteiger partial charge in [-0.3, -0.25) is 0 Å². The Morgan fingerprint density at radius 2 is 1.14 bits per heavy atom. The lowest BCUT2D eigenvalue weighted by Crippen LogP contribution is -2.46. The third-order valence-electron chi connectivity index (χ3n) is 1.75. The second-order valence-corrected chi connectivity index (χ2v) is 2.54. The van der Waals surface area contributed by atoms with E-state index in [4.69, 9.17) is 25.7 Å². The largest absolute Gasteiger partial charge is 0.291 e. The summed E-state index contributed by atoms with van der Waals surface area (Å²) in [5.41, 5.74) is 0. The van der Waals surface area contributed by atoms with Crippen molar-refractivity contribution < 1.29 is 0 Å². The second-order valence-electron chi connectivity index (χ2n) is 2.54. The molecule has 0 aliphatic rings. The molecule has 0 bridgehead atoms. The van der Waals surface area contributed by atoms with Crippen LogP contribution in [0.3, 0.4) is 0 Å². The molecule has 0 saturated heterocycles. The Hall–Kier alpha value is -2.01. The van der Waals surface area contributed by atoms with Crippen LogP contribution in [0.2, 0.25) is 0 Å². The van der Waals surface area contributed by atoms with Crippen LogP contribution in [0, 0.1) is 60.7 Å². The highest BCUT2D eigenvalue weighted by atomic mass is 13.5. The molecule has 0 aromatic carbocycles. The summed E-state index contributed by atoms with van der Waals surface area (Å²) in [4.78, 5) is 0. The van der Waals surface area contributed by atoms with Gasteiger partial charge in [0.05, 0.1) is 0 Å². The third-order valence-corrected chi connectivity index (χ3v) is 1.75. The summed E-state index contributed by atoms with van der Waals surface area (Å²) in [6.45, 7) is 0.519. The van der Waals surface area contributed by atoms with Crippen molar-refractivity contribution >= 4 is 19.7 Å². The SMILES string of the molecule is C#CB(C#C)B(C#CC)B(C#C)C#C. The summed E-state index contributed by atoms with van der Waals surface area (Å²) in [7, 11) is 0. The van der Waals surface area contributed by atoms with E-state index in [1.165, 1.54) is 0 Å². The van der Waals surface area contributed by atoms with E-state index in [1.54, 1.807) is 6.92 Å². The molecule has 0 spiro atoms. The Bertz CT molecular complexity index is 351. The summed E-state index contributed by atoms with van der Waals surface area (Å²) in [6.07, 6.45) is 21.1. The Kier molecular flexibility index (Phi) is 5.57. The topological polar surface area (TPSA) is 0 Å². The van der Waals surface area contributed by atoms with Gasteiger partial charge in [-0.25, -0.2) is 0 Å². The van der Waals surface area contributed by atoms with Gasteiger partial charge in [-0.2, -0.15) is 5.82 Å². The first-order valence-corrected chi connectivity index (χ1v) is 4.01. The minimum Gasteiger partial charge on any atom is -0.168 e. The molecule has 0 aliphatic carbocycles. The maximum absolute atomic E-state index is 5.26. The van der Waals surface area contributed by atoms with Gasteiger partial charge in [-0.15, -0.1) is 54.9 Å². The van der Waals surface area contributed by atoms with Crippen LogP contribution in [-0.4, -0.2) is 19.7 Å². The number of hydrogen-bond acceptors (Lipinski definition) is 0. The third kappa shape index (κ3) is 2.80. The van der Waals surface area contributed by atoms with Crippen molar-refractivity contribution in [3.8, 4) is 60.7 Å². The van der Waals surface area contributed by atoms with Crippen LogP contribution in [0.15, 0.2) is 0 Å². The van der Waals surface area contributed by atoms with Crippen LogP contribution < -0.4 is 0 Å². The monoisotopic (exact) mass is 172 g/mol. The highest BCUT2D eigenvalue weighted by Gasteiger charge is 2.34. The van der Waals surface area contributed by atoms with Gasteiger partial charge in [0.1, 0.15) is 0 Å². The smallest absolute Gasteiger partial charge is 0.168 e. The van der Waals surface area contributed by atoms with Crippen molar-refractivity contribution in [2.75, 3.05) is 0 Å². The van der Waals surface area contributed by atoms with Gasteiger partial charge in [0, 0.05) is 0 Å². The Balaban J connectivity index is 5.07. The Labute approximate surface area is 87.8 Å². The van der Waals surface area contributed by atoms with Crippen LogP contribution >= 0.6 is 0 Å². The molecule has 0 aromatic rings. The highest BCUT2D eigenvalue weighted by molar-refractivity contribution is 7.59. The number of rotatable bonds is 2. The van der Waals surface area contributed by atoms with Crippen molar-refractivity contribution in [3.63, 3.8) is 0 Å². The van der Waals surface area contributed by atoms with Crippen LogP contribution in [0.5, 0.6) is 0 Å². The Morgan fingerprint density at radius 1 is 0.786 bits per heavy atom. The van der Waals surface area contributed by atoms with Crippen molar-refractivity contribution in [1.82, 2.24) is 0 Å². The van der Waals surface area contributed by atoms with Gasteiger partial charge in [0.15, 0.2) is 0 Å². The van der Waals surface area contributed by atoms with Gasteiger partial charge >= 0.3 is 0 Å². The molecule has 0 rings (SSSR count). The summed E-state index contributed by atoms with van der Waals surface area (Å²) in [5, 5.41) is 0. The molecular weight excluding hydrogens is 165 g/mol. The van der Waals surface area contributed by atoms with Crippen molar-refractivity contribution in [2.24, 2.45) is 0 Å². The average Bonchev–Trinajstić information content (AvgIpc) is 2.21. The molecule has 0 saturated carbocycles. The lowest BCUT2D eigenvalue weighted by molar-refractivity contribution is 1.93. The molecule has 14 heavy (non-hydrogen) atoms. The minimum absolute atomic E-state index is 0.315. The summed E-state index contributed by atoms with van der Waals surface area (Å²) < 4.78 is 0. The molecule has 0 atom stereocenters. The first kappa shape index (κ1) is 12.0. The van der Waals surface area contributed by atoms with E-state index in [9.17, 15) is 0 Å². The fourth-order valence-electron chi connectivity index (χ4n) is 1.04. The maximum atomic E-state index is 5.26. The zero-order chi connectivity index (χ0) is 11.0. The predicted octanol–water partition coefficient (Wildman–Crippen LogP) is -0.120. The second kappa shape index (κ2) is 6.50. The predicted molar refractivity (Wildman–Crippen MR) is 66.0 cm³/mol. The van der Waals surface area contributed by atoms with Crippen LogP contribution in [0.4, 0.5) is 0 Å². The average molecular weight is 172 g/mol. The van der Waals surface area contributed by atoms with E-state index in [0.29, 0.717) is 0 Å². The molecule has 60 valence electrons. The van der Waals surface area contributed by atoms with Crippen molar-refractivity contribution in [3.05, 3.63) is 0 Å². The van der Waals surface area contributed by atoms with E-state index in [0.717, 1.165) is 0 Å².